The van der Waals surface area contributed by atoms with E-state index in [0.29, 0.717) is 19.5 Å². The van der Waals surface area contributed by atoms with Crippen LogP contribution in [0.5, 0.6) is 5.75 Å². The fourth-order valence-electron chi connectivity index (χ4n) is 1.98. The van der Waals surface area contributed by atoms with Crippen molar-refractivity contribution in [2.75, 3.05) is 26.3 Å². The predicted octanol–water partition coefficient (Wildman–Crippen LogP) is 1.55. The van der Waals surface area contributed by atoms with Crippen LogP contribution in [0, 0.1) is 0 Å². The summed E-state index contributed by atoms with van der Waals surface area (Å²) in [6.07, 6.45) is 0.137. The zero-order valence-corrected chi connectivity index (χ0v) is 11.5. The smallest absolute Gasteiger partial charge is 0.120 e. The normalized spacial score (nSPS) is 12.5. The predicted molar refractivity (Wildman–Crippen MR) is 80.0 cm³/mol. The van der Waals surface area contributed by atoms with Crippen molar-refractivity contribution in [1.82, 2.24) is 5.32 Å². The summed E-state index contributed by atoms with van der Waals surface area (Å²) in [5, 5.41) is 23.8. The van der Waals surface area contributed by atoms with Crippen molar-refractivity contribution < 1.29 is 14.9 Å². The van der Waals surface area contributed by atoms with E-state index in [1.807, 2.05) is 36.4 Å². The van der Waals surface area contributed by atoms with Crippen molar-refractivity contribution in [3.05, 3.63) is 42.5 Å². The highest BCUT2D eigenvalue weighted by atomic mass is 16.5. The van der Waals surface area contributed by atoms with Crippen molar-refractivity contribution in [3.63, 3.8) is 0 Å². The quantitative estimate of drug-likeness (QED) is 0.640. The van der Waals surface area contributed by atoms with E-state index in [0.717, 1.165) is 11.1 Å². The molecule has 0 amide bonds. The van der Waals surface area contributed by atoms with Crippen molar-refractivity contribution >= 4 is 10.8 Å². The Morgan fingerprint density at radius 2 is 1.90 bits per heavy atom. The zero-order valence-electron chi connectivity index (χ0n) is 11.5. The van der Waals surface area contributed by atoms with E-state index < -0.39 is 6.10 Å². The zero-order chi connectivity index (χ0) is 14.2. The Kier molecular flexibility index (Phi) is 5.80. The Hall–Kier alpha value is -1.62. The summed E-state index contributed by atoms with van der Waals surface area (Å²) in [4.78, 5) is 0. The Morgan fingerprint density at radius 3 is 2.70 bits per heavy atom. The van der Waals surface area contributed by atoms with Gasteiger partial charge in [0.25, 0.3) is 0 Å². The van der Waals surface area contributed by atoms with E-state index in [1.165, 1.54) is 5.39 Å². The summed E-state index contributed by atoms with van der Waals surface area (Å²) in [5.41, 5.74) is 0. The molecule has 0 saturated heterocycles. The molecule has 20 heavy (non-hydrogen) atoms. The highest BCUT2D eigenvalue weighted by molar-refractivity contribution is 5.83. The third-order valence-electron chi connectivity index (χ3n) is 3.05. The van der Waals surface area contributed by atoms with Crippen LogP contribution in [0.1, 0.15) is 6.42 Å². The number of rotatable bonds is 8. The monoisotopic (exact) mass is 275 g/mol. The molecule has 0 aliphatic rings. The largest absolute Gasteiger partial charge is 0.491 e. The molecule has 3 N–H and O–H groups in total. The highest BCUT2D eigenvalue weighted by Crippen LogP contribution is 2.20. The van der Waals surface area contributed by atoms with Crippen LogP contribution < -0.4 is 10.1 Å². The second-order valence-electron chi connectivity index (χ2n) is 4.76. The molecule has 0 aliphatic carbocycles. The summed E-state index contributed by atoms with van der Waals surface area (Å²) >= 11 is 0. The van der Waals surface area contributed by atoms with Crippen LogP contribution >= 0.6 is 0 Å². The number of hydrogen-bond acceptors (Lipinski definition) is 4. The minimum atomic E-state index is -0.555. The second-order valence-corrected chi connectivity index (χ2v) is 4.76. The minimum absolute atomic E-state index is 0.163. The summed E-state index contributed by atoms with van der Waals surface area (Å²) in [5.74, 6) is 0.762. The second kappa shape index (κ2) is 7.85. The first-order chi connectivity index (χ1) is 9.79. The lowest BCUT2D eigenvalue weighted by Gasteiger charge is -2.13. The van der Waals surface area contributed by atoms with Gasteiger partial charge in [-0.15, -0.1) is 0 Å². The van der Waals surface area contributed by atoms with Crippen LogP contribution in [0.4, 0.5) is 0 Å². The average molecular weight is 275 g/mol. The first-order valence-corrected chi connectivity index (χ1v) is 6.91. The number of hydrogen-bond donors (Lipinski definition) is 3. The lowest BCUT2D eigenvalue weighted by atomic mass is 10.1. The maximum Gasteiger partial charge on any atom is 0.120 e. The van der Waals surface area contributed by atoms with Crippen LogP contribution in [-0.4, -0.2) is 42.6 Å². The van der Waals surface area contributed by atoms with Crippen LogP contribution in [0.25, 0.3) is 10.8 Å². The van der Waals surface area contributed by atoms with Crippen molar-refractivity contribution in [3.8, 4) is 5.75 Å². The Balaban J connectivity index is 1.80. The lowest BCUT2D eigenvalue weighted by Crippen LogP contribution is -2.32. The number of nitrogens with one attached hydrogen (secondary N) is 1. The van der Waals surface area contributed by atoms with Crippen LogP contribution in [0.15, 0.2) is 42.5 Å². The van der Waals surface area contributed by atoms with Gasteiger partial charge in [0.2, 0.25) is 0 Å². The van der Waals surface area contributed by atoms with Crippen molar-refractivity contribution in [2.24, 2.45) is 0 Å². The first-order valence-electron chi connectivity index (χ1n) is 6.91. The van der Waals surface area contributed by atoms with Gasteiger partial charge < -0.3 is 20.3 Å². The molecule has 4 nitrogen and oxygen atoms in total. The van der Waals surface area contributed by atoms with Crippen molar-refractivity contribution in [2.45, 2.75) is 12.5 Å². The summed E-state index contributed by atoms with van der Waals surface area (Å²) < 4.78 is 5.59. The lowest BCUT2D eigenvalue weighted by molar-refractivity contribution is 0.106. The molecule has 4 heteroatoms. The van der Waals surface area contributed by atoms with E-state index in [2.05, 4.69) is 11.4 Å². The maximum absolute atomic E-state index is 9.77. The van der Waals surface area contributed by atoms with Crippen molar-refractivity contribution in [1.29, 1.82) is 0 Å². The topological polar surface area (TPSA) is 61.7 Å². The molecule has 2 rings (SSSR count). The minimum Gasteiger partial charge on any atom is -0.491 e. The molecular formula is C16H21NO3. The highest BCUT2D eigenvalue weighted by Gasteiger charge is 2.05. The molecular weight excluding hydrogens is 254 g/mol. The van der Waals surface area contributed by atoms with Gasteiger partial charge in [0.15, 0.2) is 0 Å². The summed E-state index contributed by atoms with van der Waals surface area (Å²) in [6.45, 7) is 1.58. The SMILES string of the molecule is OCCCNCC(O)COc1ccc2ccccc2c1. The Labute approximate surface area is 119 Å². The van der Waals surface area contributed by atoms with E-state index >= 15 is 0 Å². The number of aliphatic hydroxyl groups excluding tert-OH is 2. The fraction of sp³-hybridized carbons (Fsp3) is 0.375. The Morgan fingerprint density at radius 1 is 1.10 bits per heavy atom. The summed E-state index contributed by atoms with van der Waals surface area (Å²) in [7, 11) is 0. The molecule has 0 bridgehead atoms. The fourth-order valence-corrected chi connectivity index (χ4v) is 1.98. The molecule has 0 heterocycles. The molecule has 0 saturated carbocycles. The number of aliphatic hydroxyl groups is 2. The third-order valence-corrected chi connectivity index (χ3v) is 3.05. The molecule has 0 radical (unpaired) electrons. The standard InChI is InChI=1S/C16H21NO3/c18-9-3-8-17-11-15(19)12-20-16-7-6-13-4-1-2-5-14(13)10-16/h1-2,4-7,10,15,17-19H,3,8-9,11-12H2. The van der Waals surface area contributed by atoms with Gasteiger partial charge in [-0.3, -0.25) is 0 Å². The van der Waals surface area contributed by atoms with E-state index in [4.69, 9.17) is 9.84 Å². The van der Waals surface area contributed by atoms with Gasteiger partial charge in [0.1, 0.15) is 18.5 Å². The van der Waals surface area contributed by atoms with E-state index in [-0.39, 0.29) is 13.2 Å². The number of ether oxygens (including phenoxy) is 1. The van der Waals surface area contributed by atoms with Gasteiger partial charge in [-0.2, -0.15) is 0 Å². The van der Waals surface area contributed by atoms with Gasteiger partial charge in [0.05, 0.1) is 0 Å². The van der Waals surface area contributed by atoms with Gasteiger partial charge in [-0.05, 0) is 35.9 Å². The Bertz CT molecular complexity index is 530. The van der Waals surface area contributed by atoms with E-state index in [9.17, 15) is 5.11 Å². The van der Waals surface area contributed by atoms with E-state index in [1.54, 1.807) is 0 Å². The van der Waals surface area contributed by atoms with Gasteiger partial charge in [-0.25, -0.2) is 0 Å². The molecule has 0 fully saturated rings. The van der Waals surface area contributed by atoms with Crippen LogP contribution in [0.2, 0.25) is 0 Å². The molecule has 0 aromatic heterocycles. The number of benzene rings is 2. The van der Waals surface area contributed by atoms with Gasteiger partial charge in [0, 0.05) is 13.2 Å². The maximum atomic E-state index is 9.77. The molecule has 108 valence electrons. The molecule has 0 aliphatic heterocycles. The molecule has 0 spiro atoms. The molecule has 1 atom stereocenters. The van der Waals surface area contributed by atoms with Crippen LogP contribution in [0.3, 0.4) is 0 Å². The number of fused-ring (bicyclic) bond motifs is 1. The summed E-state index contributed by atoms with van der Waals surface area (Å²) in [6, 6.07) is 14.0. The van der Waals surface area contributed by atoms with Gasteiger partial charge in [-0.1, -0.05) is 30.3 Å². The average Bonchev–Trinajstić information content (AvgIpc) is 2.49. The van der Waals surface area contributed by atoms with Crippen LogP contribution in [-0.2, 0) is 0 Å². The third kappa shape index (κ3) is 4.49. The van der Waals surface area contributed by atoms with Gasteiger partial charge >= 0.3 is 0 Å². The molecule has 1 unspecified atom stereocenters. The molecule has 2 aromatic rings. The molecule has 2 aromatic carbocycles. The first kappa shape index (κ1) is 14.8.